The van der Waals surface area contributed by atoms with Crippen LogP contribution in [0.15, 0.2) is 24.3 Å². The van der Waals surface area contributed by atoms with Crippen LogP contribution in [0.3, 0.4) is 0 Å². The third-order valence-corrected chi connectivity index (χ3v) is 3.79. The Morgan fingerprint density at radius 2 is 1.71 bits per heavy atom. The molecule has 3 nitrogen and oxygen atoms in total. The molecule has 1 aromatic rings. The predicted octanol–water partition coefficient (Wildman–Crippen LogP) is 4.42. The van der Waals surface area contributed by atoms with Crippen LogP contribution in [0.4, 0.5) is 13.2 Å². The zero-order valence-corrected chi connectivity index (χ0v) is 15.4. The number of piperazine rings is 1. The molecule has 1 N–H and O–H groups in total. The normalized spacial score (nSPS) is 16.9. The quantitative estimate of drug-likeness (QED) is 0.807. The second kappa shape index (κ2) is 10.3. The van der Waals surface area contributed by atoms with Gasteiger partial charge in [-0.15, -0.1) is 38.0 Å². The van der Waals surface area contributed by atoms with Crippen molar-refractivity contribution in [3.8, 4) is 5.75 Å². The molecule has 0 aromatic heterocycles. The standard InChI is InChI=1S/C16H23F3N2O.2ClH/c1-12(2)11-14(21-9-7-20-8-10-21)13-5-3-4-6-15(13)22-16(17,18)19;;/h3-6,12,14,20H,7-11H2,1-2H3;2*1H/t14-;;/m1../s1. The third kappa shape index (κ3) is 7.05. The summed E-state index contributed by atoms with van der Waals surface area (Å²) in [5.41, 5.74) is 0.621. The summed E-state index contributed by atoms with van der Waals surface area (Å²) >= 11 is 0. The Kier molecular flexibility index (Phi) is 10.0. The molecule has 1 aromatic carbocycles. The zero-order valence-electron chi connectivity index (χ0n) is 13.8. The van der Waals surface area contributed by atoms with Crippen LogP contribution < -0.4 is 10.1 Å². The van der Waals surface area contributed by atoms with Crippen LogP contribution in [0.1, 0.15) is 31.9 Å². The highest BCUT2D eigenvalue weighted by atomic mass is 35.5. The maximum absolute atomic E-state index is 12.6. The van der Waals surface area contributed by atoms with Gasteiger partial charge in [0.1, 0.15) is 5.75 Å². The second-order valence-electron chi connectivity index (χ2n) is 6.02. The van der Waals surface area contributed by atoms with Crippen LogP contribution in [-0.2, 0) is 0 Å². The number of benzene rings is 1. The molecule has 0 bridgehead atoms. The van der Waals surface area contributed by atoms with E-state index in [2.05, 4.69) is 28.8 Å². The number of nitrogens with zero attached hydrogens (tertiary/aromatic N) is 1. The van der Waals surface area contributed by atoms with E-state index in [0.29, 0.717) is 11.5 Å². The van der Waals surface area contributed by atoms with E-state index < -0.39 is 6.36 Å². The Bertz CT molecular complexity index is 481. The van der Waals surface area contributed by atoms with E-state index in [-0.39, 0.29) is 36.6 Å². The molecular formula is C16H25Cl2F3N2O. The number of hydrogen-bond acceptors (Lipinski definition) is 3. The lowest BCUT2D eigenvalue weighted by atomic mass is 9.94. The lowest BCUT2D eigenvalue weighted by Gasteiger charge is -2.36. The maximum atomic E-state index is 12.6. The van der Waals surface area contributed by atoms with Crippen molar-refractivity contribution >= 4 is 24.8 Å². The van der Waals surface area contributed by atoms with Gasteiger partial charge >= 0.3 is 6.36 Å². The molecule has 2 rings (SSSR count). The Morgan fingerprint density at radius 3 is 2.25 bits per heavy atom. The van der Waals surface area contributed by atoms with Gasteiger partial charge in [-0.25, -0.2) is 0 Å². The van der Waals surface area contributed by atoms with Crippen LogP contribution >= 0.6 is 24.8 Å². The van der Waals surface area contributed by atoms with E-state index in [1.54, 1.807) is 18.2 Å². The molecule has 1 fully saturated rings. The van der Waals surface area contributed by atoms with Gasteiger partial charge in [-0.05, 0) is 18.4 Å². The second-order valence-corrected chi connectivity index (χ2v) is 6.02. The largest absolute Gasteiger partial charge is 0.573 e. The first-order valence-electron chi connectivity index (χ1n) is 7.66. The molecule has 1 atom stereocenters. The summed E-state index contributed by atoms with van der Waals surface area (Å²) in [6.45, 7) is 7.55. The summed E-state index contributed by atoms with van der Waals surface area (Å²) in [7, 11) is 0. The van der Waals surface area contributed by atoms with Gasteiger partial charge in [-0.3, -0.25) is 4.90 Å². The Morgan fingerprint density at radius 1 is 1.12 bits per heavy atom. The van der Waals surface area contributed by atoms with Gasteiger partial charge in [0.2, 0.25) is 0 Å². The van der Waals surface area contributed by atoms with Crippen molar-refractivity contribution in [1.82, 2.24) is 10.2 Å². The topological polar surface area (TPSA) is 24.5 Å². The minimum absolute atomic E-state index is 0. The van der Waals surface area contributed by atoms with Crippen molar-refractivity contribution in [3.63, 3.8) is 0 Å². The highest BCUT2D eigenvalue weighted by Crippen LogP contribution is 2.36. The molecule has 140 valence electrons. The molecule has 1 heterocycles. The van der Waals surface area contributed by atoms with Gasteiger partial charge in [0, 0.05) is 37.8 Å². The molecule has 1 aliphatic rings. The molecule has 0 saturated carbocycles. The molecule has 8 heteroatoms. The van der Waals surface area contributed by atoms with Gasteiger partial charge in [0.25, 0.3) is 0 Å². The van der Waals surface area contributed by atoms with Gasteiger partial charge < -0.3 is 10.1 Å². The average molecular weight is 389 g/mol. The van der Waals surface area contributed by atoms with Crippen molar-refractivity contribution in [2.75, 3.05) is 26.2 Å². The Balaban J connectivity index is 0.00000264. The summed E-state index contributed by atoms with van der Waals surface area (Å²) in [5, 5.41) is 3.27. The van der Waals surface area contributed by atoms with E-state index in [1.165, 1.54) is 6.07 Å². The highest BCUT2D eigenvalue weighted by Gasteiger charge is 2.34. The molecular weight excluding hydrogens is 364 g/mol. The molecule has 0 aliphatic carbocycles. The van der Waals surface area contributed by atoms with Crippen LogP contribution in [0.2, 0.25) is 0 Å². The zero-order chi connectivity index (χ0) is 16.2. The average Bonchev–Trinajstić information content (AvgIpc) is 2.45. The number of halogens is 5. The SMILES string of the molecule is CC(C)C[C@H](c1ccccc1OC(F)(F)F)N1CCNCC1.Cl.Cl. The van der Waals surface area contributed by atoms with Crippen molar-refractivity contribution in [2.45, 2.75) is 32.7 Å². The van der Waals surface area contributed by atoms with Crippen LogP contribution in [0.25, 0.3) is 0 Å². The lowest BCUT2D eigenvalue weighted by Crippen LogP contribution is -2.45. The number of hydrogen-bond donors (Lipinski definition) is 1. The number of ether oxygens (including phenoxy) is 1. The van der Waals surface area contributed by atoms with E-state index >= 15 is 0 Å². The summed E-state index contributed by atoms with van der Waals surface area (Å²) in [5.74, 6) is 0.304. The van der Waals surface area contributed by atoms with Gasteiger partial charge in [0.05, 0.1) is 0 Å². The molecule has 0 unspecified atom stereocenters. The van der Waals surface area contributed by atoms with E-state index in [0.717, 1.165) is 32.6 Å². The van der Waals surface area contributed by atoms with Crippen LogP contribution in [0.5, 0.6) is 5.75 Å². The van der Waals surface area contributed by atoms with Gasteiger partial charge in [0.15, 0.2) is 0 Å². The minimum Gasteiger partial charge on any atom is -0.405 e. The first-order chi connectivity index (χ1) is 10.4. The highest BCUT2D eigenvalue weighted by molar-refractivity contribution is 5.85. The van der Waals surface area contributed by atoms with Crippen molar-refractivity contribution in [2.24, 2.45) is 5.92 Å². The lowest BCUT2D eigenvalue weighted by molar-refractivity contribution is -0.275. The number of nitrogens with one attached hydrogen (secondary N) is 1. The first-order valence-corrected chi connectivity index (χ1v) is 7.66. The smallest absolute Gasteiger partial charge is 0.405 e. The molecule has 0 amide bonds. The summed E-state index contributed by atoms with van der Waals surface area (Å²) in [6, 6.07) is 6.44. The maximum Gasteiger partial charge on any atom is 0.573 e. The molecule has 0 radical (unpaired) electrons. The van der Waals surface area contributed by atoms with Crippen molar-refractivity contribution in [3.05, 3.63) is 29.8 Å². The molecule has 1 saturated heterocycles. The van der Waals surface area contributed by atoms with Gasteiger partial charge in [-0.2, -0.15) is 0 Å². The van der Waals surface area contributed by atoms with Crippen LogP contribution in [0, 0.1) is 5.92 Å². The molecule has 24 heavy (non-hydrogen) atoms. The summed E-state index contributed by atoms with van der Waals surface area (Å²) in [6.07, 6.45) is -3.86. The first kappa shape index (κ1) is 23.3. The number of alkyl halides is 3. The Hall–Kier alpha value is -0.690. The number of rotatable bonds is 5. The van der Waals surface area contributed by atoms with Crippen molar-refractivity contribution in [1.29, 1.82) is 0 Å². The third-order valence-electron chi connectivity index (χ3n) is 3.79. The fourth-order valence-electron chi connectivity index (χ4n) is 2.89. The fraction of sp³-hybridized carbons (Fsp3) is 0.625. The van der Waals surface area contributed by atoms with E-state index in [1.807, 2.05) is 0 Å². The van der Waals surface area contributed by atoms with E-state index in [9.17, 15) is 13.2 Å². The summed E-state index contributed by atoms with van der Waals surface area (Å²) < 4.78 is 42.2. The van der Waals surface area contributed by atoms with Crippen LogP contribution in [-0.4, -0.2) is 37.4 Å². The minimum atomic E-state index is -4.66. The molecule has 1 aliphatic heterocycles. The van der Waals surface area contributed by atoms with E-state index in [4.69, 9.17) is 0 Å². The summed E-state index contributed by atoms with van der Waals surface area (Å²) in [4.78, 5) is 2.25. The van der Waals surface area contributed by atoms with Gasteiger partial charge in [-0.1, -0.05) is 32.0 Å². The fourth-order valence-corrected chi connectivity index (χ4v) is 2.89. The predicted molar refractivity (Wildman–Crippen MR) is 94.3 cm³/mol. The molecule has 0 spiro atoms. The monoisotopic (exact) mass is 388 g/mol. The van der Waals surface area contributed by atoms with Crippen molar-refractivity contribution < 1.29 is 17.9 Å². The number of para-hydroxylation sites is 1. The Labute approximate surface area is 153 Å².